The van der Waals surface area contributed by atoms with Crippen LogP contribution in [0.15, 0.2) is 24.3 Å². The maximum Gasteiger partial charge on any atom is 0.260 e. The Kier molecular flexibility index (Phi) is 3.40. The van der Waals surface area contributed by atoms with Gasteiger partial charge in [-0.2, -0.15) is 0 Å². The number of β-amino-alcohol motifs (C(OH)–C–C–N with tert-alkyl or cyclic N) is 1. The molecule has 0 bridgehead atoms. The Morgan fingerprint density at radius 1 is 1.40 bits per heavy atom. The molecule has 3 N–H and O–H groups in total. The average Bonchev–Trinajstić information content (AvgIpc) is 3.26. The van der Waals surface area contributed by atoms with E-state index in [4.69, 9.17) is 10.5 Å². The van der Waals surface area contributed by atoms with Crippen LogP contribution in [0.1, 0.15) is 18.4 Å². The molecule has 1 saturated heterocycles. The minimum atomic E-state index is -0.634. The van der Waals surface area contributed by atoms with Gasteiger partial charge in [-0.25, -0.2) is 0 Å². The Bertz CT molecular complexity index is 508. The van der Waals surface area contributed by atoms with Crippen LogP contribution >= 0.6 is 0 Å². The third kappa shape index (κ3) is 2.51. The number of nitrogens with zero attached hydrogens (tertiary/aromatic N) is 1. The molecule has 1 saturated carbocycles. The van der Waals surface area contributed by atoms with Crippen molar-refractivity contribution >= 4 is 5.91 Å². The molecule has 1 aliphatic carbocycles. The number of rotatable bonds is 5. The quantitative estimate of drug-likeness (QED) is 0.821. The zero-order valence-electron chi connectivity index (χ0n) is 11.4. The first-order valence-corrected chi connectivity index (χ1v) is 7.03. The average molecular weight is 276 g/mol. The van der Waals surface area contributed by atoms with Gasteiger partial charge in [-0.05, 0) is 24.8 Å². The maximum absolute atomic E-state index is 12.0. The van der Waals surface area contributed by atoms with Gasteiger partial charge >= 0.3 is 0 Å². The second kappa shape index (κ2) is 5.07. The van der Waals surface area contributed by atoms with Crippen LogP contribution in [0.2, 0.25) is 0 Å². The highest BCUT2D eigenvalue weighted by Crippen LogP contribution is 2.44. The number of hydrogen-bond acceptors (Lipinski definition) is 4. The second-order valence-electron chi connectivity index (χ2n) is 5.73. The Labute approximate surface area is 118 Å². The van der Waals surface area contributed by atoms with Crippen molar-refractivity contribution in [3.05, 3.63) is 29.8 Å². The SMILES string of the molecule is NCc1ccccc1OCC(=O)N1CC(O)(C2CC2)C1. The molecule has 0 radical (unpaired) electrons. The monoisotopic (exact) mass is 276 g/mol. The summed E-state index contributed by atoms with van der Waals surface area (Å²) < 4.78 is 5.54. The third-order valence-corrected chi connectivity index (χ3v) is 4.16. The Hall–Kier alpha value is -1.59. The van der Waals surface area contributed by atoms with E-state index in [2.05, 4.69) is 0 Å². The molecule has 108 valence electrons. The van der Waals surface area contributed by atoms with Crippen molar-refractivity contribution in [2.45, 2.75) is 25.0 Å². The van der Waals surface area contributed by atoms with Crippen LogP contribution in [0, 0.1) is 5.92 Å². The van der Waals surface area contributed by atoms with Crippen molar-refractivity contribution in [2.75, 3.05) is 19.7 Å². The molecule has 1 amide bonds. The molecule has 0 spiro atoms. The molecule has 2 aliphatic rings. The maximum atomic E-state index is 12.0. The van der Waals surface area contributed by atoms with E-state index in [0.29, 0.717) is 31.3 Å². The number of amides is 1. The van der Waals surface area contributed by atoms with Gasteiger partial charge < -0.3 is 20.5 Å². The number of carbonyl (C=O) groups excluding carboxylic acids is 1. The molecule has 1 aromatic rings. The summed E-state index contributed by atoms with van der Waals surface area (Å²) in [5.74, 6) is 0.967. The van der Waals surface area contributed by atoms with E-state index in [0.717, 1.165) is 18.4 Å². The number of nitrogens with two attached hydrogens (primary N) is 1. The number of aliphatic hydroxyl groups is 1. The Morgan fingerprint density at radius 3 is 2.75 bits per heavy atom. The Balaban J connectivity index is 1.50. The van der Waals surface area contributed by atoms with Gasteiger partial charge in [0.25, 0.3) is 5.91 Å². The van der Waals surface area contributed by atoms with Crippen LogP contribution in [-0.4, -0.2) is 41.2 Å². The third-order valence-electron chi connectivity index (χ3n) is 4.16. The summed E-state index contributed by atoms with van der Waals surface area (Å²) in [6.45, 7) is 1.27. The fourth-order valence-electron chi connectivity index (χ4n) is 2.71. The van der Waals surface area contributed by atoms with E-state index in [1.807, 2.05) is 24.3 Å². The minimum absolute atomic E-state index is 0.00222. The smallest absolute Gasteiger partial charge is 0.260 e. The zero-order chi connectivity index (χ0) is 14.2. The van der Waals surface area contributed by atoms with Crippen LogP contribution in [0.5, 0.6) is 5.75 Å². The zero-order valence-corrected chi connectivity index (χ0v) is 11.4. The van der Waals surface area contributed by atoms with E-state index in [9.17, 15) is 9.90 Å². The van der Waals surface area contributed by atoms with E-state index in [1.54, 1.807) is 4.90 Å². The standard InChI is InChI=1S/C15H20N2O3/c16-7-11-3-1-2-4-13(11)20-8-14(18)17-9-15(19,10-17)12-5-6-12/h1-4,12,19H,5-10,16H2. The summed E-state index contributed by atoms with van der Waals surface area (Å²) in [7, 11) is 0. The predicted molar refractivity (Wildman–Crippen MR) is 74.1 cm³/mol. The van der Waals surface area contributed by atoms with Gasteiger partial charge in [0.1, 0.15) is 11.4 Å². The molecule has 3 rings (SSSR count). The molecule has 5 heteroatoms. The molecular weight excluding hydrogens is 256 g/mol. The molecule has 0 aromatic heterocycles. The Morgan fingerprint density at radius 2 is 2.10 bits per heavy atom. The highest BCUT2D eigenvalue weighted by atomic mass is 16.5. The number of hydrogen-bond donors (Lipinski definition) is 2. The van der Waals surface area contributed by atoms with Crippen LogP contribution in [0.4, 0.5) is 0 Å². The molecule has 1 aromatic carbocycles. The molecular formula is C15H20N2O3. The van der Waals surface area contributed by atoms with Crippen molar-refractivity contribution in [1.29, 1.82) is 0 Å². The summed E-state index contributed by atoms with van der Waals surface area (Å²) >= 11 is 0. The fraction of sp³-hybridized carbons (Fsp3) is 0.533. The second-order valence-corrected chi connectivity index (χ2v) is 5.73. The van der Waals surface area contributed by atoms with Gasteiger partial charge in [0.15, 0.2) is 6.61 Å². The van der Waals surface area contributed by atoms with E-state index in [1.165, 1.54) is 0 Å². The summed E-state index contributed by atoms with van der Waals surface area (Å²) in [6, 6.07) is 7.44. The first-order chi connectivity index (χ1) is 9.62. The van der Waals surface area contributed by atoms with Crippen LogP contribution < -0.4 is 10.5 Å². The predicted octanol–water partition coefficient (Wildman–Crippen LogP) is 0.507. The number of para-hydroxylation sites is 1. The molecule has 2 fully saturated rings. The molecule has 0 unspecified atom stereocenters. The van der Waals surface area contributed by atoms with Gasteiger partial charge in [0.05, 0.1) is 13.1 Å². The van der Waals surface area contributed by atoms with Gasteiger partial charge in [-0.1, -0.05) is 18.2 Å². The van der Waals surface area contributed by atoms with Crippen molar-refractivity contribution in [1.82, 2.24) is 4.90 Å². The highest BCUT2D eigenvalue weighted by Gasteiger charge is 2.53. The lowest BCUT2D eigenvalue weighted by molar-refractivity contribution is -0.161. The van der Waals surface area contributed by atoms with Crippen molar-refractivity contribution in [3.63, 3.8) is 0 Å². The van der Waals surface area contributed by atoms with Gasteiger partial charge in [0.2, 0.25) is 0 Å². The number of benzene rings is 1. The topological polar surface area (TPSA) is 75.8 Å². The van der Waals surface area contributed by atoms with Crippen LogP contribution in [-0.2, 0) is 11.3 Å². The lowest BCUT2D eigenvalue weighted by Crippen LogP contribution is -2.65. The number of likely N-dealkylation sites (tertiary alicyclic amines) is 1. The molecule has 1 aliphatic heterocycles. The van der Waals surface area contributed by atoms with Crippen LogP contribution in [0.3, 0.4) is 0 Å². The highest BCUT2D eigenvalue weighted by molar-refractivity contribution is 5.79. The van der Waals surface area contributed by atoms with Crippen molar-refractivity contribution in [2.24, 2.45) is 11.7 Å². The van der Waals surface area contributed by atoms with Crippen molar-refractivity contribution in [3.8, 4) is 5.75 Å². The largest absolute Gasteiger partial charge is 0.483 e. The van der Waals surface area contributed by atoms with Crippen molar-refractivity contribution < 1.29 is 14.6 Å². The summed E-state index contributed by atoms with van der Waals surface area (Å²) in [5.41, 5.74) is 5.87. The fourth-order valence-corrected chi connectivity index (χ4v) is 2.71. The van der Waals surface area contributed by atoms with E-state index in [-0.39, 0.29) is 12.5 Å². The van der Waals surface area contributed by atoms with Gasteiger partial charge in [-0.3, -0.25) is 4.79 Å². The summed E-state index contributed by atoms with van der Waals surface area (Å²) in [6.07, 6.45) is 2.16. The van der Waals surface area contributed by atoms with E-state index < -0.39 is 5.60 Å². The van der Waals surface area contributed by atoms with Gasteiger partial charge in [0, 0.05) is 12.1 Å². The number of carbonyl (C=O) groups is 1. The lowest BCUT2D eigenvalue weighted by Gasteiger charge is -2.46. The minimum Gasteiger partial charge on any atom is -0.483 e. The molecule has 0 atom stereocenters. The van der Waals surface area contributed by atoms with Crippen LogP contribution in [0.25, 0.3) is 0 Å². The van der Waals surface area contributed by atoms with Gasteiger partial charge in [-0.15, -0.1) is 0 Å². The first-order valence-electron chi connectivity index (χ1n) is 7.03. The molecule has 20 heavy (non-hydrogen) atoms. The molecule has 1 heterocycles. The summed E-state index contributed by atoms with van der Waals surface area (Å²) in [5, 5.41) is 10.2. The normalized spacial score (nSPS) is 20.4. The first kappa shape index (κ1) is 13.4. The molecule has 5 nitrogen and oxygen atoms in total. The number of ether oxygens (including phenoxy) is 1. The lowest BCUT2D eigenvalue weighted by atomic mass is 9.89. The van der Waals surface area contributed by atoms with E-state index >= 15 is 0 Å². The summed E-state index contributed by atoms with van der Waals surface area (Å²) in [4.78, 5) is 13.6.